The van der Waals surface area contributed by atoms with Crippen molar-refractivity contribution in [3.63, 3.8) is 0 Å². The highest BCUT2D eigenvalue weighted by molar-refractivity contribution is 4.78. The molecule has 0 amide bonds. The second kappa shape index (κ2) is 4.99. The first kappa shape index (κ1) is 11.0. The van der Waals surface area contributed by atoms with Crippen molar-refractivity contribution in [1.82, 2.24) is 5.32 Å². The van der Waals surface area contributed by atoms with Crippen LogP contribution >= 0.6 is 0 Å². The van der Waals surface area contributed by atoms with Gasteiger partial charge < -0.3 is 5.32 Å². The molecule has 1 aliphatic carbocycles. The molecule has 0 aliphatic heterocycles. The van der Waals surface area contributed by atoms with Gasteiger partial charge in [0, 0.05) is 5.54 Å². The standard InChI is InChI=1S/C12H25N/c1-4-12(2,3)13-10-11-8-6-5-7-9-11/h11,13H,4-10H2,1-3H3. The first-order valence-corrected chi connectivity index (χ1v) is 5.89. The van der Waals surface area contributed by atoms with Gasteiger partial charge in [-0.2, -0.15) is 0 Å². The summed E-state index contributed by atoms with van der Waals surface area (Å²) >= 11 is 0. The molecule has 1 rings (SSSR count). The molecule has 0 aromatic heterocycles. The van der Waals surface area contributed by atoms with Crippen LogP contribution in [0.5, 0.6) is 0 Å². The second-order valence-corrected chi connectivity index (χ2v) is 5.12. The zero-order chi connectivity index (χ0) is 9.73. The Morgan fingerprint density at radius 2 is 1.77 bits per heavy atom. The summed E-state index contributed by atoms with van der Waals surface area (Å²) in [4.78, 5) is 0. The first-order chi connectivity index (χ1) is 6.14. The summed E-state index contributed by atoms with van der Waals surface area (Å²) in [5.41, 5.74) is 0.345. The monoisotopic (exact) mass is 183 g/mol. The Morgan fingerprint density at radius 3 is 2.31 bits per heavy atom. The molecular weight excluding hydrogens is 158 g/mol. The summed E-state index contributed by atoms with van der Waals surface area (Å²) in [6.07, 6.45) is 8.50. The zero-order valence-corrected chi connectivity index (χ0v) is 9.53. The highest BCUT2D eigenvalue weighted by Crippen LogP contribution is 2.23. The van der Waals surface area contributed by atoms with Crippen molar-refractivity contribution in [3.05, 3.63) is 0 Å². The Bertz CT molecular complexity index is 134. The smallest absolute Gasteiger partial charge is 0.0122 e. The van der Waals surface area contributed by atoms with E-state index in [0.29, 0.717) is 5.54 Å². The van der Waals surface area contributed by atoms with Gasteiger partial charge in [0.2, 0.25) is 0 Å². The maximum atomic E-state index is 3.68. The molecule has 1 N–H and O–H groups in total. The molecule has 0 aromatic rings. The van der Waals surface area contributed by atoms with Crippen molar-refractivity contribution in [1.29, 1.82) is 0 Å². The highest BCUT2D eigenvalue weighted by atomic mass is 15.0. The van der Waals surface area contributed by atoms with Crippen molar-refractivity contribution >= 4 is 0 Å². The fraction of sp³-hybridized carbons (Fsp3) is 1.00. The predicted molar refractivity (Wildman–Crippen MR) is 58.9 cm³/mol. The zero-order valence-electron chi connectivity index (χ0n) is 9.53. The van der Waals surface area contributed by atoms with Gasteiger partial charge in [0.25, 0.3) is 0 Å². The predicted octanol–water partition coefficient (Wildman–Crippen LogP) is 3.34. The van der Waals surface area contributed by atoms with Gasteiger partial charge >= 0.3 is 0 Å². The minimum absolute atomic E-state index is 0.345. The number of nitrogens with one attached hydrogen (secondary N) is 1. The maximum Gasteiger partial charge on any atom is 0.0122 e. The van der Waals surface area contributed by atoms with Gasteiger partial charge in [-0.25, -0.2) is 0 Å². The summed E-state index contributed by atoms with van der Waals surface area (Å²) in [6.45, 7) is 8.10. The molecule has 0 radical (unpaired) electrons. The lowest BCUT2D eigenvalue weighted by molar-refractivity contribution is 0.289. The molecule has 0 unspecified atom stereocenters. The topological polar surface area (TPSA) is 12.0 Å². The molecule has 1 saturated carbocycles. The molecule has 1 fully saturated rings. The lowest BCUT2D eigenvalue weighted by atomic mass is 9.88. The molecule has 78 valence electrons. The normalized spacial score (nSPS) is 20.5. The van der Waals surface area contributed by atoms with Crippen LogP contribution in [0.1, 0.15) is 59.3 Å². The van der Waals surface area contributed by atoms with Crippen molar-refractivity contribution in [2.45, 2.75) is 64.8 Å². The van der Waals surface area contributed by atoms with E-state index in [1.165, 1.54) is 45.1 Å². The molecule has 1 aliphatic rings. The summed E-state index contributed by atoms with van der Waals surface area (Å²) in [6, 6.07) is 0. The van der Waals surface area contributed by atoms with E-state index in [2.05, 4.69) is 26.1 Å². The van der Waals surface area contributed by atoms with Gasteiger partial charge in [-0.05, 0) is 45.6 Å². The largest absolute Gasteiger partial charge is 0.312 e. The quantitative estimate of drug-likeness (QED) is 0.705. The van der Waals surface area contributed by atoms with Crippen LogP contribution in [0, 0.1) is 5.92 Å². The Balaban J connectivity index is 2.17. The third-order valence-corrected chi connectivity index (χ3v) is 3.48. The van der Waals surface area contributed by atoms with Crippen LogP contribution in [0.3, 0.4) is 0 Å². The maximum absolute atomic E-state index is 3.68. The third-order valence-electron chi connectivity index (χ3n) is 3.48. The molecule has 0 bridgehead atoms. The molecule has 0 aromatic carbocycles. The third kappa shape index (κ3) is 4.12. The van der Waals surface area contributed by atoms with E-state index in [-0.39, 0.29) is 0 Å². The lowest BCUT2D eigenvalue weighted by Gasteiger charge is -2.29. The van der Waals surface area contributed by atoms with Crippen LogP contribution in [0.4, 0.5) is 0 Å². The summed E-state index contributed by atoms with van der Waals surface area (Å²) in [5.74, 6) is 0.958. The molecule has 13 heavy (non-hydrogen) atoms. The molecule has 0 heterocycles. The summed E-state index contributed by atoms with van der Waals surface area (Å²) < 4.78 is 0. The average Bonchev–Trinajstić information content (AvgIpc) is 2.17. The van der Waals surface area contributed by atoms with Crippen LogP contribution in [-0.2, 0) is 0 Å². The van der Waals surface area contributed by atoms with E-state index >= 15 is 0 Å². The highest BCUT2D eigenvalue weighted by Gasteiger charge is 2.18. The van der Waals surface area contributed by atoms with Crippen LogP contribution in [0.15, 0.2) is 0 Å². The fourth-order valence-electron chi connectivity index (χ4n) is 1.94. The minimum Gasteiger partial charge on any atom is -0.312 e. The van der Waals surface area contributed by atoms with Crippen molar-refractivity contribution < 1.29 is 0 Å². The van der Waals surface area contributed by atoms with Gasteiger partial charge in [-0.3, -0.25) is 0 Å². The second-order valence-electron chi connectivity index (χ2n) is 5.12. The Labute approximate surface area is 83.3 Å². The van der Waals surface area contributed by atoms with Gasteiger partial charge in [0.15, 0.2) is 0 Å². The van der Waals surface area contributed by atoms with Gasteiger partial charge in [0.1, 0.15) is 0 Å². The molecule has 0 saturated heterocycles. The van der Waals surface area contributed by atoms with Gasteiger partial charge in [-0.1, -0.05) is 26.2 Å². The molecule has 1 nitrogen and oxygen atoms in total. The summed E-state index contributed by atoms with van der Waals surface area (Å²) in [7, 11) is 0. The van der Waals surface area contributed by atoms with E-state index in [4.69, 9.17) is 0 Å². The fourth-order valence-corrected chi connectivity index (χ4v) is 1.94. The van der Waals surface area contributed by atoms with Crippen LogP contribution in [0.2, 0.25) is 0 Å². The van der Waals surface area contributed by atoms with Gasteiger partial charge in [-0.15, -0.1) is 0 Å². The van der Waals surface area contributed by atoms with E-state index in [1.807, 2.05) is 0 Å². The number of hydrogen-bond donors (Lipinski definition) is 1. The SMILES string of the molecule is CCC(C)(C)NCC1CCCCC1. The lowest BCUT2D eigenvalue weighted by Crippen LogP contribution is -2.41. The van der Waals surface area contributed by atoms with Crippen LogP contribution < -0.4 is 5.32 Å². The van der Waals surface area contributed by atoms with Crippen LogP contribution in [0.25, 0.3) is 0 Å². The van der Waals surface area contributed by atoms with E-state index in [0.717, 1.165) is 5.92 Å². The Morgan fingerprint density at radius 1 is 1.15 bits per heavy atom. The van der Waals surface area contributed by atoms with E-state index in [9.17, 15) is 0 Å². The molecule has 0 spiro atoms. The Kier molecular flexibility index (Phi) is 4.24. The van der Waals surface area contributed by atoms with Crippen molar-refractivity contribution in [3.8, 4) is 0 Å². The van der Waals surface area contributed by atoms with Crippen LogP contribution in [-0.4, -0.2) is 12.1 Å². The van der Waals surface area contributed by atoms with E-state index in [1.54, 1.807) is 0 Å². The minimum atomic E-state index is 0.345. The summed E-state index contributed by atoms with van der Waals surface area (Å²) in [5, 5.41) is 3.68. The molecular formula is C12H25N. The molecule has 0 atom stereocenters. The average molecular weight is 183 g/mol. The first-order valence-electron chi connectivity index (χ1n) is 5.89. The Hall–Kier alpha value is -0.0400. The van der Waals surface area contributed by atoms with Crippen molar-refractivity contribution in [2.24, 2.45) is 5.92 Å². The van der Waals surface area contributed by atoms with Gasteiger partial charge in [0.05, 0.1) is 0 Å². The molecule has 1 heteroatoms. The number of rotatable bonds is 4. The van der Waals surface area contributed by atoms with Crippen molar-refractivity contribution in [2.75, 3.05) is 6.54 Å². The number of hydrogen-bond acceptors (Lipinski definition) is 1. The van der Waals surface area contributed by atoms with E-state index < -0.39 is 0 Å².